The van der Waals surface area contributed by atoms with Gasteiger partial charge in [0.25, 0.3) is 0 Å². The molecule has 154 valence electrons. The number of rotatable bonds is 6. The van der Waals surface area contributed by atoms with Gasteiger partial charge in [0.05, 0.1) is 16.5 Å². The van der Waals surface area contributed by atoms with Crippen LogP contribution in [-0.4, -0.2) is 34.5 Å². The molecule has 0 radical (unpaired) electrons. The molecule has 0 atom stereocenters. The number of aromatic carboxylic acids is 1. The Bertz CT molecular complexity index is 1250. The number of sulfonamides is 1. The molecule has 0 amide bonds. The Morgan fingerprint density at radius 2 is 1.73 bits per heavy atom. The van der Waals surface area contributed by atoms with Gasteiger partial charge in [-0.3, -0.25) is 9.40 Å². The molecule has 1 aromatic heterocycles. The van der Waals surface area contributed by atoms with Gasteiger partial charge in [-0.1, -0.05) is 42.5 Å². The van der Waals surface area contributed by atoms with E-state index < -0.39 is 21.2 Å². The van der Waals surface area contributed by atoms with E-state index in [1.165, 1.54) is 11.7 Å². The monoisotopic (exact) mass is 424 g/mol. The molecule has 0 bridgehead atoms. The van der Waals surface area contributed by atoms with Crippen LogP contribution in [-0.2, 0) is 17.1 Å². The van der Waals surface area contributed by atoms with Crippen molar-refractivity contribution in [2.24, 2.45) is 7.05 Å². The van der Waals surface area contributed by atoms with Gasteiger partial charge in [-0.25, -0.2) is 13.2 Å². The molecule has 0 saturated carbocycles. The van der Waals surface area contributed by atoms with Gasteiger partial charge in [-0.15, -0.1) is 0 Å². The lowest BCUT2D eigenvalue weighted by Crippen LogP contribution is -2.22. The van der Waals surface area contributed by atoms with E-state index in [-0.39, 0.29) is 17.0 Å². The number of para-hydroxylation sites is 1. The van der Waals surface area contributed by atoms with Crippen LogP contribution in [0.25, 0.3) is 22.3 Å². The molecule has 2 N–H and O–H groups in total. The summed E-state index contributed by atoms with van der Waals surface area (Å²) < 4.78 is 28.4. The summed E-state index contributed by atoms with van der Waals surface area (Å²) in [5.74, 6) is -1.18. The summed E-state index contributed by atoms with van der Waals surface area (Å²) >= 11 is 0. The summed E-state index contributed by atoms with van der Waals surface area (Å²) in [7, 11) is -2.05. The summed E-state index contributed by atoms with van der Waals surface area (Å²) in [5, 5.41) is 22.2. The maximum atomic E-state index is 12.3. The zero-order valence-corrected chi connectivity index (χ0v) is 17.4. The van der Waals surface area contributed by atoms with E-state index >= 15 is 0 Å². The molecule has 30 heavy (non-hydrogen) atoms. The first-order valence-corrected chi connectivity index (χ1v) is 10.6. The van der Waals surface area contributed by atoms with Crippen molar-refractivity contribution >= 4 is 21.7 Å². The lowest BCUT2D eigenvalue weighted by molar-refractivity contribution is 0.0686. The summed E-state index contributed by atoms with van der Waals surface area (Å²) in [6.45, 7) is 3.20. The number of benzene rings is 2. The average molecular weight is 424 g/mol. The van der Waals surface area contributed by atoms with Gasteiger partial charge in [-0.2, -0.15) is 10.4 Å². The number of hydrogen-bond donors (Lipinski definition) is 2. The molecule has 3 aromatic rings. The molecule has 3 rings (SSSR count). The first-order chi connectivity index (χ1) is 14.2. The van der Waals surface area contributed by atoms with E-state index in [1.54, 1.807) is 62.4 Å². The van der Waals surface area contributed by atoms with Crippen molar-refractivity contribution in [3.8, 4) is 28.3 Å². The molecule has 8 nitrogen and oxygen atoms in total. The minimum absolute atomic E-state index is 0.0211. The summed E-state index contributed by atoms with van der Waals surface area (Å²) in [6.07, 6.45) is 0. The topological polar surface area (TPSA) is 125 Å². The van der Waals surface area contributed by atoms with E-state index in [9.17, 15) is 23.6 Å². The standard InChI is InChI=1S/C21H20N4O4S/c1-13(2)30(28,29)24-17-7-5-4-6-16(17)14-8-10-15(11-9-14)19-18(12-22)23-25(3)20(19)21(26)27/h4-11,13,24H,1-3H3,(H,26,27). The van der Waals surface area contributed by atoms with Crippen molar-refractivity contribution in [3.63, 3.8) is 0 Å². The van der Waals surface area contributed by atoms with Crippen molar-refractivity contribution in [3.05, 3.63) is 59.9 Å². The molecule has 0 aliphatic heterocycles. The molecule has 2 aromatic carbocycles. The van der Waals surface area contributed by atoms with E-state index in [0.717, 1.165) is 5.56 Å². The largest absolute Gasteiger partial charge is 0.477 e. The van der Waals surface area contributed by atoms with Crippen LogP contribution in [0, 0.1) is 11.3 Å². The lowest BCUT2D eigenvalue weighted by Gasteiger charge is -2.15. The van der Waals surface area contributed by atoms with Crippen LogP contribution in [0.1, 0.15) is 30.0 Å². The molecule has 9 heteroatoms. The van der Waals surface area contributed by atoms with E-state index in [2.05, 4.69) is 9.82 Å². The van der Waals surface area contributed by atoms with Crippen LogP contribution in [0.5, 0.6) is 0 Å². The van der Waals surface area contributed by atoms with Crippen LogP contribution in [0.15, 0.2) is 48.5 Å². The number of nitriles is 1. The third-order valence-electron chi connectivity index (χ3n) is 4.64. The second-order valence-corrected chi connectivity index (χ2v) is 9.17. The van der Waals surface area contributed by atoms with Gasteiger partial charge in [-0.05, 0) is 31.0 Å². The number of nitrogens with zero attached hydrogens (tertiary/aromatic N) is 3. The van der Waals surface area contributed by atoms with Gasteiger partial charge >= 0.3 is 5.97 Å². The third-order valence-corrected chi connectivity index (χ3v) is 6.39. The summed E-state index contributed by atoms with van der Waals surface area (Å²) in [4.78, 5) is 11.6. The zero-order valence-electron chi connectivity index (χ0n) is 16.6. The van der Waals surface area contributed by atoms with Gasteiger partial charge in [0.15, 0.2) is 11.4 Å². The van der Waals surface area contributed by atoms with Gasteiger partial charge in [0, 0.05) is 12.6 Å². The Labute approximate surface area is 174 Å². The fourth-order valence-corrected chi connectivity index (χ4v) is 3.75. The quantitative estimate of drug-likeness (QED) is 0.624. The summed E-state index contributed by atoms with van der Waals surface area (Å²) in [5.41, 5.74) is 2.58. The van der Waals surface area contributed by atoms with Crippen LogP contribution in [0.2, 0.25) is 0 Å². The molecular formula is C21H20N4O4S. The highest BCUT2D eigenvalue weighted by Crippen LogP contribution is 2.33. The van der Waals surface area contributed by atoms with Crippen LogP contribution in [0.3, 0.4) is 0 Å². The SMILES string of the molecule is CC(C)S(=O)(=O)Nc1ccccc1-c1ccc(-c2c(C#N)nn(C)c2C(=O)O)cc1. The van der Waals surface area contributed by atoms with Gasteiger partial charge in [0.1, 0.15) is 6.07 Å². The second kappa shape index (κ2) is 8.00. The highest BCUT2D eigenvalue weighted by atomic mass is 32.2. The van der Waals surface area contributed by atoms with Crippen molar-refractivity contribution < 1.29 is 18.3 Å². The number of hydrogen-bond acceptors (Lipinski definition) is 5. The first-order valence-electron chi connectivity index (χ1n) is 9.07. The van der Waals surface area contributed by atoms with Crippen LogP contribution < -0.4 is 4.72 Å². The number of aryl methyl sites for hydroxylation is 1. The van der Waals surface area contributed by atoms with Crippen LogP contribution >= 0.6 is 0 Å². The molecule has 0 spiro atoms. The summed E-state index contributed by atoms with van der Waals surface area (Å²) in [6, 6.07) is 15.8. The Morgan fingerprint density at radius 1 is 1.13 bits per heavy atom. The maximum Gasteiger partial charge on any atom is 0.354 e. The molecule has 0 aliphatic carbocycles. The minimum Gasteiger partial charge on any atom is -0.477 e. The number of anilines is 1. The highest BCUT2D eigenvalue weighted by Gasteiger charge is 2.23. The van der Waals surface area contributed by atoms with Crippen molar-refractivity contribution in [1.82, 2.24) is 9.78 Å². The normalized spacial score (nSPS) is 11.3. The fraction of sp³-hybridized carbons (Fsp3) is 0.190. The van der Waals surface area contributed by atoms with Crippen molar-refractivity contribution in [2.45, 2.75) is 19.1 Å². The molecule has 1 heterocycles. The number of nitrogens with one attached hydrogen (secondary N) is 1. The first kappa shape index (κ1) is 21.1. The zero-order chi connectivity index (χ0) is 22.1. The Morgan fingerprint density at radius 3 is 2.30 bits per heavy atom. The molecule has 0 aliphatic rings. The second-order valence-electron chi connectivity index (χ2n) is 6.93. The van der Waals surface area contributed by atoms with Crippen molar-refractivity contribution in [2.75, 3.05) is 4.72 Å². The number of carbonyl (C=O) groups is 1. The Kier molecular flexibility index (Phi) is 5.62. The van der Waals surface area contributed by atoms with E-state index in [0.29, 0.717) is 16.8 Å². The predicted octanol–water partition coefficient (Wildman–Crippen LogP) is 3.47. The molecular weight excluding hydrogens is 404 g/mol. The highest BCUT2D eigenvalue weighted by molar-refractivity contribution is 7.93. The van der Waals surface area contributed by atoms with Crippen LogP contribution in [0.4, 0.5) is 5.69 Å². The molecule has 0 fully saturated rings. The maximum absolute atomic E-state index is 12.3. The van der Waals surface area contributed by atoms with E-state index in [1.807, 2.05) is 6.07 Å². The van der Waals surface area contributed by atoms with Crippen molar-refractivity contribution in [1.29, 1.82) is 5.26 Å². The number of carboxylic acids is 1. The smallest absolute Gasteiger partial charge is 0.354 e. The Hall–Kier alpha value is -3.64. The van der Waals surface area contributed by atoms with Gasteiger partial charge in [0.2, 0.25) is 10.0 Å². The molecule has 0 unspecified atom stereocenters. The third kappa shape index (κ3) is 3.90. The predicted molar refractivity (Wildman–Crippen MR) is 113 cm³/mol. The number of carboxylic acid groups (broad SMARTS) is 1. The average Bonchev–Trinajstić information content (AvgIpc) is 3.04. The Balaban J connectivity index is 2.06. The fourth-order valence-electron chi connectivity index (χ4n) is 3.03. The lowest BCUT2D eigenvalue weighted by atomic mass is 9.98. The minimum atomic E-state index is -3.52. The van der Waals surface area contributed by atoms with Gasteiger partial charge < -0.3 is 5.11 Å². The van der Waals surface area contributed by atoms with E-state index in [4.69, 9.17) is 0 Å². The number of aromatic nitrogens is 2. The molecule has 0 saturated heterocycles.